The number of benzene rings is 4. The fraction of sp³-hybridized carbons (Fsp3) is 0.194. The van der Waals surface area contributed by atoms with E-state index < -0.39 is 41.3 Å². The molecule has 0 aromatic heterocycles. The maximum absolute atomic E-state index is 14.4. The van der Waals surface area contributed by atoms with Crippen LogP contribution in [0, 0.1) is 11.6 Å². The molecule has 0 saturated carbocycles. The van der Waals surface area contributed by atoms with E-state index in [1.807, 2.05) is 60.7 Å². The standard InChI is InChI=1S/C31H29F2N3O4/c32-25-15-22(11-13-28(25)37)18-34-27(17-21-7-3-1-4-8-21)30(39)20-35(24-9-5-2-6-10-24)36(31(34)40)19-23-12-14-29(38)26(33)16-23/h1-16,27,30,37-39H,17-20H2/t27-,30-/m1/s1. The van der Waals surface area contributed by atoms with Crippen LogP contribution >= 0.6 is 0 Å². The number of hydrogen-bond acceptors (Lipinski definition) is 5. The molecule has 4 aromatic rings. The molecule has 1 fully saturated rings. The molecule has 1 aliphatic heterocycles. The molecule has 5 rings (SSSR count). The van der Waals surface area contributed by atoms with Crippen LogP contribution in [0.2, 0.25) is 0 Å². The Morgan fingerprint density at radius 2 is 1.27 bits per heavy atom. The van der Waals surface area contributed by atoms with Crippen molar-refractivity contribution in [1.82, 2.24) is 9.91 Å². The van der Waals surface area contributed by atoms with E-state index in [-0.39, 0.29) is 19.6 Å². The minimum Gasteiger partial charge on any atom is -0.505 e. The number of anilines is 1. The number of para-hydroxylation sites is 1. The van der Waals surface area contributed by atoms with Crippen molar-refractivity contribution < 1.29 is 28.9 Å². The van der Waals surface area contributed by atoms with Crippen LogP contribution in [-0.2, 0) is 19.5 Å². The summed E-state index contributed by atoms with van der Waals surface area (Å²) < 4.78 is 28.5. The van der Waals surface area contributed by atoms with Crippen LogP contribution in [0.15, 0.2) is 97.1 Å². The Kier molecular flexibility index (Phi) is 7.84. The maximum Gasteiger partial charge on any atom is 0.339 e. The fourth-order valence-corrected chi connectivity index (χ4v) is 4.95. The molecule has 0 spiro atoms. The van der Waals surface area contributed by atoms with E-state index in [2.05, 4.69) is 0 Å². The first-order valence-electron chi connectivity index (χ1n) is 12.9. The average Bonchev–Trinajstić information content (AvgIpc) is 3.05. The Bertz CT molecular complexity index is 1470. The molecule has 4 aromatic carbocycles. The summed E-state index contributed by atoms with van der Waals surface area (Å²) in [4.78, 5) is 15.9. The molecule has 0 radical (unpaired) electrons. The van der Waals surface area contributed by atoms with E-state index in [9.17, 15) is 28.9 Å². The molecule has 7 nitrogen and oxygen atoms in total. The van der Waals surface area contributed by atoms with Gasteiger partial charge in [0.1, 0.15) is 0 Å². The molecular formula is C31H29F2N3O4. The normalized spacial score (nSPS) is 17.7. The van der Waals surface area contributed by atoms with Gasteiger partial charge in [0.05, 0.1) is 30.9 Å². The average molecular weight is 546 g/mol. The summed E-state index contributed by atoms with van der Waals surface area (Å²) in [6.45, 7) is -0.0575. The Morgan fingerprint density at radius 1 is 0.725 bits per heavy atom. The molecule has 2 atom stereocenters. The number of hydrazine groups is 1. The zero-order valence-corrected chi connectivity index (χ0v) is 21.6. The molecule has 40 heavy (non-hydrogen) atoms. The lowest BCUT2D eigenvalue weighted by molar-refractivity contribution is 0.0751. The largest absolute Gasteiger partial charge is 0.505 e. The first-order chi connectivity index (χ1) is 19.3. The second-order valence-electron chi connectivity index (χ2n) is 9.78. The molecule has 0 bridgehead atoms. The lowest BCUT2D eigenvalue weighted by Crippen LogP contribution is -2.51. The van der Waals surface area contributed by atoms with Gasteiger partial charge >= 0.3 is 6.03 Å². The number of phenols is 2. The van der Waals surface area contributed by atoms with Gasteiger partial charge in [-0.3, -0.25) is 5.01 Å². The minimum atomic E-state index is -1.02. The quantitative estimate of drug-likeness (QED) is 0.297. The number of nitrogens with zero attached hydrogens (tertiary/aromatic N) is 3. The van der Waals surface area contributed by atoms with Crippen LogP contribution in [-0.4, -0.2) is 50.0 Å². The summed E-state index contributed by atoms with van der Waals surface area (Å²) in [5, 5.41) is 34.0. The highest BCUT2D eigenvalue weighted by molar-refractivity contribution is 5.78. The summed E-state index contributed by atoms with van der Waals surface area (Å²) in [5.41, 5.74) is 2.40. The van der Waals surface area contributed by atoms with E-state index in [1.54, 1.807) is 5.01 Å². The summed E-state index contributed by atoms with van der Waals surface area (Å²) in [5.74, 6) is -2.63. The van der Waals surface area contributed by atoms with E-state index in [0.29, 0.717) is 23.2 Å². The molecule has 1 aliphatic rings. The zero-order valence-electron chi connectivity index (χ0n) is 21.6. The number of halogens is 2. The first-order valence-corrected chi connectivity index (χ1v) is 12.9. The number of carbonyl (C=O) groups excluding carboxylic acids is 1. The van der Waals surface area contributed by atoms with E-state index in [4.69, 9.17) is 0 Å². The Balaban J connectivity index is 1.59. The number of hydrogen-bond donors (Lipinski definition) is 3. The lowest BCUT2D eigenvalue weighted by Gasteiger charge is -2.37. The fourth-order valence-electron chi connectivity index (χ4n) is 4.95. The third-order valence-corrected chi connectivity index (χ3v) is 7.01. The van der Waals surface area contributed by atoms with E-state index >= 15 is 0 Å². The number of β-amino-alcohol motifs (C(OH)–C–C–N with tert-alkyl or cyclic N) is 1. The van der Waals surface area contributed by atoms with Crippen LogP contribution in [0.5, 0.6) is 11.5 Å². The van der Waals surface area contributed by atoms with Gasteiger partial charge in [0.2, 0.25) is 0 Å². The Morgan fingerprint density at radius 3 is 1.85 bits per heavy atom. The summed E-state index contributed by atoms with van der Waals surface area (Å²) in [6, 6.07) is 25.2. The predicted octanol–water partition coefficient (Wildman–Crippen LogP) is 5.21. The molecule has 3 N–H and O–H groups in total. The van der Waals surface area contributed by atoms with Gasteiger partial charge in [-0.05, 0) is 59.5 Å². The Hall–Kier alpha value is -4.63. The number of aromatic hydroxyl groups is 2. The number of amides is 2. The smallest absolute Gasteiger partial charge is 0.339 e. The van der Waals surface area contributed by atoms with Gasteiger partial charge in [0, 0.05) is 6.54 Å². The molecule has 0 unspecified atom stereocenters. The predicted molar refractivity (Wildman–Crippen MR) is 146 cm³/mol. The van der Waals surface area contributed by atoms with Gasteiger partial charge in [-0.25, -0.2) is 18.6 Å². The number of urea groups is 1. The maximum atomic E-state index is 14.4. The van der Waals surface area contributed by atoms with Crippen LogP contribution in [0.1, 0.15) is 16.7 Å². The SMILES string of the molecule is O=C1N(Cc2ccc(O)c(F)c2)[C@H](Cc2ccccc2)[C@H](O)CN(c2ccccc2)N1Cc1ccc(O)c(F)c1. The van der Waals surface area contributed by atoms with Crippen LogP contribution in [0.3, 0.4) is 0 Å². The van der Waals surface area contributed by atoms with Crippen molar-refractivity contribution in [3.63, 3.8) is 0 Å². The number of carbonyl (C=O) groups is 1. The van der Waals surface area contributed by atoms with Gasteiger partial charge in [-0.2, -0.15) is 0 Å². The third kappa shape index (κ3) is 5.84. The lowest BCUT2D eigenvalue weighted by atomic mass is 9.99. The van der Waals surface area contributed by atoms with Crippen molar-refractivity contribution in [2.75, 3.05) is 11.6 Å². The Labute approximate surface area is 230 Å². The van der Waals surface area contributed by atoms with Crippen molar-refractivity contribution >= 4 is 11.7 Å². The molecule has 0 aliphatic carbocycles. The van der Waals surface area contributed by atoms with Crippen molar-refractivity contribution in [3.8, 4) is 11.5 Å². The van der Waals surface area contributed by atoms with Crippen molar-refractivity contribution in [3.05, 3.63) is 125 Å². The van der Waals surface area contributed by atoms with Gasteiger partial charge in [0.25, 0.3) is 0 Å². The molecule has 1 heterocycles. The number of aliphatic hydroxyl groups is 1. The molecule has 1 saturated heterocycles. The number of rotatable bonds is 7. The molecule has 2 amide bonds. The molecule has 9 heteroatoms. The van der Waals surface area contributed by atoms with E-state index in [0.717, 1.165) is 17.7 Å². The highest BCUT2D eigenvalue weighted by Crippen LogP contribution is 2.29. The number of aliphatic hydroxyl groups excluding tert-OH is 1. The van der Waals surface area contributed by atoms with Gasteiger partial charge < -0.3 is 20.2 Å². The second-order valence-corrected chi connectivity index (χ2v) is 9.78. The third-order valence-electron chi connectivity index (χ3n) is 7.01. The first kappa shape index (κ1) is 27.0. The molecule has 206 valence electrons. The number of phenolic OH excluding ortho intramolecular Hbond substituents is 2. The van der Waals surface area contributed by atoms with Crippen molar-refractivity contribution in [2.45, 2.75) is 31.7 Å². The highest BCUT2D eigenvalue weighted by Gasteiger charge is 2.40. The van der Waals surface area contributed by atoms with Gasteiger partial charge in [-0.1, -0.05) is 60.7 Å². The zero-order chi connectivity index (χ0) is 28.2. The van der Waals surface area contributed by atoms with Crippen molar-refractivity contribution in [2.24, 2.45) is 0 Å². The minimum absolute atomic E-state index is 0.0480. The monoisotopic (exact) mass is 545 g/mol. The summed E-state index contributed by atoms with van der Waals surface area (Å²) >= 11 is 0. The van der Waals surface area contributed by atoms with Gasteiger partial charge in [0.15, 0.2) is 23.1 Å². The summed E-state index contributed by atoms with van der Waals surface area (Å²) in [6.07, 6.45) is -0.689. The van der Waals surface area contributed by atoms with E-state index in [1.165, 1.54) is 34.2 Å². The van der Waals surface area contributed by atoms with Crippen LogP contribution < -0.4 is 5.01 Å². The highest BCUT2D eigenvalue weighted by atomic mass is 19.1. The van der Waals surface area contributed by atoms with Gasteiger partial charge in [-0.15, -0.1) is 0 Å². The second kappa shape index (κ2) is 11.6. The van der Waals surface area contributed by atoms with Crippen LogP contribution in [0.25, 0.3) is 0 Å². The topological polar surface area (TPSA) is 87.5 Å². The van der Waals surface area contributed by atoms with Crippen LogP contribution in [0.4, 0.5) is 19.3 Å². The molecular weight excluding hydrogens is 516 g/mol. The van der Waals surface area contributed by atoms with Crippen molar-refractivity contribution in [1.29, 1.82) is 0 Å². The summed E-state index contributed by atoms with van der Waals surface area (Å²) in [7, 11) is 0.